The molecule has 31 heavy (non-hydrogen) atoms. The molecular weight excluding hydrogens is 384 g/mol. The summed E-state index contributed by atoms with van der Waals surface area (Å²) in [5.74, 6) is 1.91. The van der Waals surface area contributed by atoms with E-state index in [-0.39, 0.29) is 5.92 Å². The number of hydrogen-bond donors (Lipinski definition) is 3. The predicted octanol–water partition coefficient (Wildman–Crippen LogP) is 5.73. The van der Waals surface area contributed by atoms with Crippen molar-refractivity contribution in [2.75, 3.05) is 0 Å². The van der Waals surface area contributed by atoms with E-state index in [2.05, 4.69) is 51.7 Å². The summed E-state index contributed by atoms with van der Waals surface area (Å²) >= 11 is 0. The van der Waals surface area contributed by atoms with E-state index in [9.17, 15) is 15.3 Å². The Bertz CT molecular complexity index is 753. The Labute approximate surface area is 189 Å². The molecule has 3 nitrogen and oxygen atoms in total. The van der Waals surface area contributed by atoms with Crippen molar-refractivity contribution in [3.05, 3.63) is 47.6 Å². The third-order valence-corrected chi connectivity index (χ3v) is 8.75. The van der Waals surface area contributed by atoms with Gasteiger partial charge in [-0.15, -0.1) is 0 Å². The molecule has 0 amide bonds. The number of hydrogen-bond acceptors (Lipinski definition) is 3. The van der Waals surface area contributed by atoms with Crippen molar-refractivity contribution in [1.29, 1.82) is 0 Å². The molecule has 3 aliphatic carbocycles. The third kappa shape index (κ3) is 5.26. The van der Waals surface area contributed by atoms with Crippen LogP contribution in [0.5, 0.6) is 0 Å². The van der Waals surface area contributed by atoms with Gasteiger partial charge in [0.1, 0.15) is 0 Å². The Morgan fingerprint density at radius 3 is 2.52 bits per heavy atom. The molecular formula is C28H44O3. The van der Waals surface area contributed by atoms with Gasteiger partial charge >= 0.3 is 0 Å². The van der Waals surface area contributed by atoms with E-state index in [1.165, 1.54) is 31.3 Å². The highest BCUT2D eigenvalue weighted by Gasteiger charge is 2.50. The average molecular weight is 429 g/mol. The zero-order chi connectivity index (χ0) is 23.0. The molecule has 3 heteroatoms. The minimum Gasteiger partial charge on any atom is -0.393 e. The maximum absolute atomic E-state index is 10.3. The van der Waals surface area contributed by atoms with Crippen LogP contribution in [0.1, 0.15) is 79.6 Å². The maximum atomic E-state index is 10.3. The first-order valence-corrected chi connectivity index (χ1v) is 12.3. The van der Waals surface area contributed by atoms with Gasteiger partial charge in [0.15, 0.2) is 0 Å². The molecule has 3 N–H and O–H groups in total. The Balaban J connectivity index is 1.76. The summed E-state index contributed by atoms with van der Waals surface area (Å²) in [4.78, 5) is 0. The molecule has 174 valence electrons. The molecule has 0 aromatic carbocycles. The first-order chi connectivity index (χ1) is 14.4. The molecule has 3 rings (SSSR count). The molecule has 7 atom stereocenters. The lowest BCUT2D eigenvalue weighted by Gasteiger charge is -2.44. The molecule has 2 unspecified atom stereocenters. The predicted molar refractivity (Wildman–Crippen MR) is 128 cm³/mol. The number of allylic oxidation sites excluding steroid dienone is 4. The number of aliphatic hydroxyl groups is 3. The lowest BCUT2D eigenvalue weighted by molar-refractivity contribution is 0.0436. The molecule has 0 aromatic rings. The van der Waals surface area contributed by atoms with Gasteiger partial charge in [0.25, 0.3) is 0 Å². The SMILES string of the molecule is C=C1C(=CC=C2CCC[C@@]3(C)C2CC[C@@H]3[C@H](C)/C=C/[C@H](C)C(C)(C)O)C[C@@H](O)CC1O. The standard InChI is InChI=1S/C28H44O3/c1-18(9-10-19(2)27(4,5)31)24-13-14-25-21(8-7-15-28(24,25)6)11-12-22-16-23(29)17-26(30)20(22)3/h9-12,18-19,23-26,29-31H,3,7-8,13-17H2,1-2,4-6H3/b10-9+,21-11?,22-12?/t18-,19+,23-,24-,25?,26?,28-/m1/s1. The second-order valence-electron chi connectivity index (χ2n) is 11.4. The van der Waals surface area contributed by atoms with Crippen molar-refractivity contribution in [1.82, 2.24) is 0 Å². The molecule has 3 fully saturated rings. The highest BCUT2D eigenvalue weighted by atomic mass is 16.3. The highest BCUT2D eigenvalue weighted by Crippen LogP contribution is 2.59. The van der Waals surface area contributed by atoms with Crippen molar-refractivity contribution in [2.24, 2.45) is 29.1 Å². The van der Waals surface area contributed by atoms with Gasteiger partial charge in [-0.3, -0.25) is 0 Å². The van der Waals surface area contributed by atoms with Gasteiger partial charge in [-0.1, -0.05) is 57.2 Å². The van der Waals surface area contributed by atoms with E-state index in [1.54, 1.807) is 0 Å². The fourth-order valence-electron chi connectivity index (χ4n) is 6.32. The Morgan fingerprint density at radius 1 is 1.13 bits per heavy atom. The molecule has 0 heterocycles. The van der Waals surface area contributed by atoms with Crippen LogP contribution in [0.3, 0.4) is 0 Å². The van der Waals surface area contributed by atoms with Crippen molar-refractivity contribution >= 4 is 0 Å². The minimum atomic E-state index is -0.684. The quantitative estimate of drug-likeness (QED) is 0.490. The van der Waals surface area contributed by atoms with Crippen LogP contribution in [0.2, 0.25) is 0 Å². The monoisotopic (exact) mass is 428 g/mol. The Morgan fingerprint density at radius 2 is 1.84 bits per heavy atom. The van der Waals surface area contributed by atoms with Crippen LogP contribution in [0.25, 0.3) is 0 Å². The second kappa shape index (κ2) is 9.37. The minimum absolute atomic E-state index is 0.141. The van der Waals surface area contributed by atoms with Crippen LogP contribution in [0, 0.1) is 29.1 Å². The number of rotatable bonds is 5. The van der Waals surface area contributed by atoms with E-state index >= 15 is 0 Å². The second-order valence-corrected chi connectivity index (χ2v) is 11.4. The van der Waals surface area contributed by atoms with E-state index in [1.807, 2.05) is 13.8 Å². The molecule has 3 saturated carbocycles. The summed E-state index contributed by atoms with van der Waals surface area (Å²) in [5, 5.41) is 30.4. The van der Waals surface area contributed by atoms with Gasteiger partial charge in [0, 0.05) is 12.3 Å². The smallest absolute Gasteiger partial charge is 0.0811 e. The lowest BCUT2D eigenvalue weighted by atomic mass is 9.61. The van der Waals surface area contributed by atoms with Gasteiger partial charge in [0.05, 0.1) is 17.8 Å². The summed E-state index contributed by atoms with van der Waals surface area (Å²) in [5.41, 5.74) is 2.93. The van der Waals surface area contributed by atoms with Gasteiger partial charge in [-0.05, 0) is 86.7 Å². The number of aliphatic hydroxyl groups excluding tert-OH is 2. The molecule has 0 radical (unpaired) electrons. The molecule has 0 aromatic heterocycles. The Kier molecular flexibility index (Phi) is 7.40. The first kappa shape index (κ1) is 24.5. The van der Waals surface area contributed by atoms with E-state index in [0.717, 1.165) is 17.6 Å². The summed E-state index contributed by atoms with van der Waals surface area (Å²) in [6.07, 6.45) is 15.0. The van der Waals surface area contributed by atoms with Crippen molar-refractivity contribution in [3.63, 3.8) is 0 Å². The summed E-state index contributed by atoms with van der Waals surface area (Å²) in [7, 11) is 0. The van der Waals surface area contributed by atoms with Crippen LogP contribution < -0.4 is 0 Å². The van der Waals surface area contributed by atoms with Crippen LogP contribution in [0.4, 0.5) is 0 Å². The molecule has 0 bridgehead atoms. The topological polar surface area (TPSA) is 60.7 Å². The first-order valence-electron chi connectivity index (χ1n) is 12.3. The summed E-state index contributed by atoms with van der Waals surface area (Å²) in [6, 6.07) is 0. The van der Waals surface area contributed by atoms with Gasteiger partial charge in [0.2, 0.25) is 0 Å². The highest BCUT2D eigenvalue weighted by molar-refractivity contribution is 5.38. The fraction of sp³-hybridized carbons (Fsp3) is 0.714. The normalized spacial score (nSPS) is 39.3. The zero-order valence-corrected chi connectivity index (χ0v) is 20.3. The largest absolute Gasteiger partial charge is 0.393 e. The van der Waals surface area contributed by atoms with Crippen molar-refractivity contribution < 1.29 is 15.3 Å². The summed E-state index contributed by atoms with van der Waals surface area (Å²) < 4.78 is 0. The Hall–Kier alpha value is -1.16. The van der Waals surface area contributed by atoms with Gasteiger partial charge in [-0.25, -0.2) is 0 Å². The van der Waals surface area contributed by atoms with Crippen molar-refractivity contribution in [2.45, 2.75) is 97.4 Å². The fourth-order valence-corrected chi connectivity index (χ4v) is 6.32. The van der Waals surface area contributed by atoms with Gasteiger partial charge < -0.3 is 15.3 Å². The summed E-state index contributed by atoms with van der Waals surface area (Å²) in [6.45, 7) is 14.7. The zero-order valence-electron chi connectivity index (χ0n) is 20.3. The van der Waals surface area contributed by atoms with Crippen LogP contribution in [0.15, 0.2) is 47.6 Å². The van der Waals surface area contributed by atoms with E-state index in [0.29, 0.717) is 36.0 Å². The van der Waals surface area contributed by atoms with Gasteiger partial charge in [-0.2, -0.15) is 0 Å². The van der Waals surface area contributed by atoms with Crippen LogP contribution in [-0.4, -0.2) is 33.1 Å². The third-order valence-electron chi connectivity index (χ3n) is 8.75. The molecule has 0 aliphatic heterocycles. The van der Waals surface area contributed by atoms with Crippen LogP contribution in [-0.2, 0) is 0 Å². The number of fused-ring (bicyclic) bond motifs is 1. The molecule has 0 saturated heterocycles. The van der Waals surface area contributed by atoms with Crippen LogP contribution >= 0.6 is 0 Å². The average Bonchev–Trinajstić information content (AvgIpc) is 3.04. The van der Waals surface area contributed by atoms with Crippen molar-refractivity contribution in [3.8, 4) is 0 Å². The maximum Gasteiger partial charge on any atom is 0.0811 e. The van der Waals surface area contributed by atoms with E-state index in [4.69, 9.17) is 0 Å². The lowest BCUT2D eigenvalue weighted by Crippen LogP contribution is -2.35. The van der Waals surface area contributed by atoms with E-state index < -0.39 is 17.8 Å². The molecule has 3 aliphatic rings. The molecule has 0 spiro atoms.